The Morgan fingerprint density at radius 1 is 1.40 bits per heavy atom. The van der Waals surface area contributed by atoms with Crippen LogP contribution in [0.5, 0.6) is 0 Å². The Balaban J connectivity index is 4.18. The minimum absolute atomic E-state index is 0.291. The highest BCUT2D eigenvalue weighted by Crippen LogP contribution is 2.57. The number of rotatable bonds is 6. The zero-order valence-electron chi connectivity index (χ0n) is 7.81. The summed E-state index contributed by atoms with van der Waals surface area (Å²) in [7, 11) is -9.75. The van der Waals surface area contributed by atoms with Crippen molar-refractivity contribution in [2.45, 2.75) is 6.92 Å². The molecule has 0 aliphatic rings. The van der Waals surface area contributed by atoms with Crippen molar-refractivity contribution >= 4 is 28.3 Å². The topological polar surface area (TPSA) is 113 Å². The molecule has 3 N–H and O–H groups in total. The molecule has 0 heterocycles. The third-order valence-corrected chi connectivity index (χ3v) is 3.78. The Labute approximate surface area is 92.4 Å². The van der Waals surface area contributed by atoms with Crippen molar-refractivity contribution in [3.8, 4) is 0 Å². The number of hydrogen-bond acceptors (Lipinski definition) is 5. The van der Waals surface area contributed by atoms with E-state index < -0.39 is 15.6 Å². The second kappa shape index (κ2) is 6.18. The fraction of sp³-hybridized carbons (Fsp3) is 0.600. The van der Waals surface area contributed by atoms with Gasteiger partial charge in [0.05, 0.1) is 6.61 Å². The van der Waals surface area contributed by atoms with Crippen molar-refractivity contribution in [3.05, 3.63) is 11.6 Å². The number of hydrogen-bond donors (Lipinski definition) is 4. The molecule has 0 aromatic rings. The highest BCUT2D eigenvalue weighted by atomic mass is 32.1. The van der Waals surface area contributed by atoms with Crippen LogP contribution in [0, 0.1) is 0 Å². The van der Waals surface area contributed by atoms with Crippen LogP contribution >= 0.6 is 28.3 Å². The average molecular weight is 278 g/mol. The summed E-state index contributed by atoms with van der Waals surface area (Å²) in [5, 5.41) is 0. The Morgan fingerprint density at radius 3 is 2.33 bits per heavy atom. The van der Waals surface area contributed by atoms with E-state index in [1.807, 2.05) is 0 Å². The van der Waals surface area contributed by atoms with Gasteiger partial charge in [-0.25, -0.2) is 9.13 Å². The van der Waals surface area contributed by atoms with Gasteiger partial charge in [-0.3, -0.25) is 4.52 Å². The van der Waals surface area contributed by atoms with Crippen LogP contribution in [0.4, 0.5) is 0 Å². The normalized spacial score (nSPS) is 17.5. The lowest BCUT2D eigenvalue weighted by Crippen LogP contribution is -1.94. The van der Waals surface area contributed by atoms with Gasteiger partial charge >= 0.3 is 15.6 Å². The first-order chi connectivity index (χ1) is 6.66. The lowest BCUT2D eigenvalue weighted by molar-refractivity contribution is 0.191. The smallest absolute Gasteiger partial charge is 0.302 e. The van der Waals surface area contributed by atoms with Crippen LogP contribution in [-0.4, -0.2) is 27.0 Å². The fourth-order valence-corrected chi connectivity index (χ4v) is 2.15. The monoisotopic (exact) mass is 278 g/mol. The van der Waals surface area contributed by atoms with Crippen molar-refractivity contribution in [3.63, 3.8) is 0 Å². The van der Waals surface area contributed by atoms with Gasteiger partial charge in [0.2, 0.25) is 0 Å². The van der Waals surface area contributed by atoms with Gasteiger partial charge in [-0.2, -0.15) is 16.9 Å². The molecule has 10 heteroatoms. The highest BCUT2D eigenvalue weighted by Gasteiger charge is 2.31. The highest BCUT2D eigenvalue weighted by molar-refractivity contribution is 7.80. The largest absolute Gasteiger partial charge is 0.481 e. The summed E-state index contributed by atoms with van der Waals surface area (Å²) < 4.78 is 28.9. The van der Waals surface area contributed by atoms with Crippen molar-refractivity contribution in [2.75, 3.05) is 12.4 Å². The van der Waals surface area contributed by atoms with E-state index in [1.165, 1.54) is 6.08 Å². The molecule has 0 rings (SSSR count). The molecule has 0 bridgehead atoms. The summed E-state index contributed by atoms with van der Waals surface area (Å²) in [5.41, 5.74) is 0.787. The lowest BCUT2D eigenvalue weighted by Gasteiger charge is -2.11. The molecule has 90 valence electrons. The summed E-state index contributed by atoms with van der Waals surface area (Å²) >= 11 is 3.92. The molecule has 0 amide bonds. The Kier molecular flexibility index (Phi) is 6.32. The molecule has 0 fully saturated rings. The van der Waals surface area contributed by atoms with Gasteiger partial charge in [0.15, 0.2) is 0 Å². The third kappa shape index (κ3) is 9.29. The summed E-state index contributed by atoms with van der Waals surface area (Å²) in [6, 6.07) is 0. The first-order valence-corrected chi connectivity index (χ1v) is 7.33. The molecule has 1 unspecified atom stereocenters. The summed E-state index contributed by atoms with van der Waals surface area (Å²) in [4.78, 5) is 25.3. The molecule has 15 heavy (non-hydrogen) atoms. The molecule has 0 aliphatic carbocycles. The van der Waals surface area contributed by atoms with E-state index in [1.54, 1.807) is 6.92 Å². The third-order valence-electron chi connectivity index (χ3n) is 1.13. The predicted octanol–water partition coefficient (Wildman–Crippen LogP) is 1.09. The summed E-state index contributed by atoms with van der Waals surface area (Å²) in [5.74, 6) is 0.443. The molecule has 0 radical (unpaired) electrons. The standard InChI is InChI=1S/C5H12O7P2S/c1-5(4-15)2-3-11-14(9,10)12-13(6,7)8/h2,15H,3-4H2,1H3,(H,9,10)(H2,6,7,8)/b5-2+. The van der Waals surface area contributed by atoms with Crippen molar-refractivity contribution in [2.24, 2.45) is 0 Å². The zero-order valence-corrected chi connectivity index (χ0v) is 10.5. The van der Waals surface area contributed by atoms with Crippen molar-refractivity contribution in [1.82, 2.24) is 0 Å². The van der Waals surface area contributed by atoms with Gasteiger partial charge in [0.25, 0.3) is 0 Å². The van der Waals surface area contributed by atoms with E-state index in [9.17, 15) is 9.13 Å². The van der Waals surface area contributed by atoms with Crippen LogP contribution < -0.4 is 0 Å². The van der Waals surface area contributed by atoms with Crippen LogP contribution in [0.15, 0.2) is 11.6 Å². The molecule has 7 nitrogen and oxygen atoms in total. The SMILES string of the molecule is C/C(=C\COP(=O)(O)OP(=O)(O)O)CS. The second-order valence-electron chi connectivity index (χ2n) is 2.55. The quantitative estimate of drug-likeness (QED) is 0.326. The molecule has 0 aliphatic heterocycles. The molecule has 0 saturated heterocycles. The maximum absolute atomic E-state index is 10.9. The molecular formula is C5H12O7P2S. The molecule has 0 spiro atoms. The second-order valence-corrected chi connectivity index (χ2v) is 5.69. The van der Waals surface area contributed by atoms with Gasteiger partial charge in [-0.1, -0.05) is 11.6 Å². The predicted molar refractivity (Wildman–Crippen MR) is 56.5 cm³/mol. The van der Waals surface area contributed by atoms with Gasteiger partial charge in [0, 0.05) is 5.75 Å². The summed E-state index contributed by atoms with van der Waals surface area (Å²) in [6.07, 6.45) is 1.44. The van der Waals surface area contributed by atoms with Gasteiger partial charge < -0.3 is 14.7 Å². The van der Waals surface area contributed by atoms with E-state index in [0.717, 1.165) is 5.57 Å². The van der Waals surface area contributed by atoms with E-state index in [-0.39, 0.29) is 6.61 Å². The van der Waals surface area contributed by atoms with Crippen molar-refractivity contribution < 1.29 is 32.6 Å². The maximum atomic E-state index is 10.9. The molecule has 0 aromatic carbocycles. The number of thiol groups is 1. The minimum atomic E-state index is -5.03. The van der Waals surface area contributed by atoms with Gasteiger partial charge in [0.1, 0.15) is 0 Å². The van der Waals surface area contributed by atoms with Crippen LogP contribution in [0.3, 0.4) is 0 Å². The molecular weight excluding hydrogens is 266 g/mol. The Morgan fingerprint density at radius 2 is 1.93 bits per heavy atom. The zero-order chi connectivity index (χ0) is 12.1. The van der Waals surface area contributed by atoms with E-state index in [4.69, 9.17) is 14.7 Å². The van der Waals surface area contributed by atoms with E-state index in [2.05, 4.69) is 21.5 Å². The van der Waals surface area contributed by atoms with Crippen molar-refractivity contribution in [1.29, 1.82) is 0 Å². The van der Waals surface area contributed by atoms with Crippen LogP contribution in [0.2, 0.25) is 0 Å². The summed E-state index contributed by atoms with van der Waals surface area (Å²) in [6.45, 7) is 1.42. The molecule has 0 aromatic heterocycles. The lowest BCUT2D eigenvalue weighted by atomic mass is 10.3. The molecule has 1 atom stereocenters. The maximum Gasteiger partial charge on any atom is 0.481 e. The van der Waals surface area contributed by atoms with Crippen LogP contribution in [0.25, 0.3) is 0 Å². The van der Waals surface area contributed by atoms with Gasteiger partial charge in [-0.15, -0.1) is 0 Å². The van der Waals surface area contributed by atoms with Crippen LogP contribution in [-0.2, 0) is 18.0 Å². The van der Waals surface area contributed by atoms with E-state index in [0.29, 0.717) is 5.75 Å². The van der Waals surface area contributed by atoms with Crippen LogP contribution in [0.1, 0.15) is 6.92 Å². The minimum Gasteiger partial charge on any atom is -0.302 e. The Bertz CT molecular complexity index is 321. The number of phosphoric ester groups is 1. The fourth-order valence-electron chi connectivity index (χ4n) is 0.496. The number of phosphoric acid groups is 2. The average Bonchev–Trinajstić information content (AvgIpc) is 1.98. The Hall–Kier alpha value is 0.350. The van der Waals surface area contributed by atoms with Gasteiger partial charge in [-0.05, 0) is 6.92 Å². The van der Waals surface area contributed by atoms with E-state index >= 15 is 0 Å². The first kappa shape index (κ1) is 15.3. The molecule has 0 saturated carbocycles. The first-order valence-electron chi connectivity index (χ1n) is 3.67.